The molecule has 3 aromatic rings. The minimum atomic E-state index is 0.719. The fourth-order valence-electron chi connectivity index (χ4n) is 2.15. The van der Waals surface area contributed by atoms with Crippen molar-refractivity contribution < 1.29 is 0 Å². The molecule has 20 heavy (non-hydrogen) atoms. The van der Waals surface area contributed by atoms with Crippen molar-refractivity contribution in [2.45, 2.75) is 25.4 Å². The standard InChI is InChI=1S/C15H14N4S/c1-4-13-14(17-6-5-16-13)7-10(1)15-19-12(9-20-15)8-18-11-2-3-11/h1,4-7,9,11,18H,2-3,8H2. The van der Waals surface area contributed by atoms with Gasteiger partial charge in [-0.2, -0.15) is 0 Å². The van der Waals surface area contributed by atoms with Gasteiger partial charge in [0.1, 0.15) is 5.01 Å². The van der Waals surface area contributed by atoms with Crippen LogP contribution in [0.15, 0.2) is 36.0 Å². The molecule has 0 radical (unpaired) electrons. The SMILES string of the molecule is c1cnc2cc(-c3nc(CNC4CC4)cs3)ccc2n1. The monoisotopic (exact) mass is 282 g/mol. The molecule has 1 saturated carbocycles. The minimum absolute atomic E-state index is 0.719. The van der Waals surface area contributed by atoms with E-state index in [0.717, 1.165) is 39.9 Å². The van der Waals surface area contributed by atoms with Crippen molar-refractivity contribution in [2.75, 3.05) is 0 Å². The summed E-state index contributed by atoms with van der Waals surface area (Å²) in [7, 11) is 0. The second-order valence-electron chi connectivity index (χ2n) is 5.06. The predicted molar refractivity (Wildman–Crippen MR) is 80.5 cm³/mol. The van der Waals surface area contributed by atoms with E-state index in [4.69, 9.17) is 4.98 Å². The van der Waals surface area contributed by atoms with E-state index in [9.17, 15) is 0 Å². The van der Waals surface area contributed by atoms with Crippen LogP contribution in [0.25, 0.3) is 21.6 Å². The predicted octanol–water partition coefficient (Wildman–Crippen LogP) is 3.01. The van der Waals surface area contributed by atoms with Crippen LogP contribution in [0.2, 0.25) is 0 Å². The summed E-state index contributed by atoms with van der Waals surface area (Å²) < 4.78 is 0. The van der Waals surface area contributed by atoms with Crippen molar-refractivity contribution in [1.29, 1.82) is 0 Å². The highest BCUT2D eigenvalue weighted by molar-refractivity contribution is 7.13. The van der Waals surface area contributed by atoms with Crippen molar-refractivity contribution in [3.63, 3.8) is 0 Å². The smallest absolute Gasteiger partial charge is 0.123 e. The van der Waals surface area contributed by atoms with E-state index in [2.05, 4.69) is 32.8 Å². The molecule has 0 amide bonds. The van der Waals surface area contributed by atoms with E-state index in [1.165, 1.54) is 12.8 Å². The Morgan fingerprint density at radius 2 is 2.00 bits per heavy atom. The zero-order valence-electron chi connectivity index (χ0n) is 10.9. The van der Waals surface area contributed by atoms with Gasteiger partial charge in [0.15, 0.2) is 0 Å². The molecular weight excluding hydrogens is 268 g/mol. The number of fused-ring (bicyclic) bond motifs is 1. The molecule has 1 N–H and O–H groups in total. The normalized spacial score (nSPS) is 14.8. The number of rotatable bonds is 4. The van der Waals surface area contributed by atoms with Crippen LogP contribution in [0.3, 0.4) is 0 Å². The molecular formula is C15H14N4S. The summed E-state index contributed by atoms with van der Waals surface area (Å²) in [6, 6.07) is 6.84. The van der Waals surface area contributed by atoms with Crippen LogP contribution in [0, 0.1) is 0 Å². The van der Waals surface area contributed by atoms with Gasteiger partial charge in [0.05, 0.1) is 16.7 Å². The lowest BCUT2D eigenvalue weighted by molar-refractivity contribution is 0.678. The molecule has 1 aromatic carbocycles. The Balaban J connectivity index is 1.60. The van der Waals surface area contributed by atoms with Crippen molar-refractivity contribution in [3.8, 4) is 10.6 Å². The van der Waals surface area contributed by atoms with E-state index in [0.29, 0.717) is 0 Å². The number of benzene rings is 1. The lowest BCUT2D eigenvalue weighted by Crippen LogP contribution is -2.15. The van der Waals surface area contributed by atoms with Gasteiger partial charge < -0.3 is 5.32 Å². The maximum Gasteiger partial charge on any atom is 0.123 e. The molecule has 0 saturated heterocycles. The summed E-state index contributed by atoms with van der Waals surface area (Å²) in [5.41, 5.74) is 4.07. The molecule has 2 heterocycles. The lowest BCUT2D eigenvalue weighted by atomic mass is 10.2. The summed E-state index contributed by atoms with van der Waals surface area (Å²) in [6.07, 6.45) is 6.05. The third kappa shape index (κ3) is 2.42. The number of nitrogens with zero attached hydrogens (tertiary/aromatic N) is 3. The van der Waals surface area contributed by atoms with Gasteiger partial charge in [-0.05, 0) is 31.0 Å². The minimum Gasteiger partial charge on any atom is -0.308 e. The lowest BCUT2D eigenvalue weighted by Gasteiger charge is -2.00. The average Bonchev–Trinajstić information content (AvgIpc) is 3.21. The van der Waals surface area contributed by atoms with Crippen LogP contribution < -0.4 is 5.32 Å². The largest absolute Gasteiger partial charge is 0.308 e. The van der Waals surface area contributed by atoms with Gasteiger partial charge in [0.25, 0.3) is 0 Å². The summed E-state index contributed by atoms with van der Waals surface area (Å²) in [5.74, 6) is 0. The van der Waals surface area contributed by atoms with Crippen LogP contribution in [-0.2, 0) is 6.54 Å². The highest BCUT2D eigenvalue weighted by Gasteiger charge is 2.20. The van der Waals surface area contributed by atoms with Gasteiger partial charge in [-0.25, -0.2) is 4.98 Å². The third-order valence-corrected chi connectivity index (χ3v) is 4.36. The molecule has 4 rings (SSSR count). The Kier molecular flexibility index (Phi) is 2.94. The van der Waals surface area contributed by atoms with Crippen molar-refractivity contribution in [2.24, 2.45) is 0 Å². The first kappa shape index (κ1) is 11.9. The molecule has 0 atom stereocenters. The first-order valence-electron chi connectivity index (χ1n) is 6.77. The van der Waals surface area contributed by atoms with Crippen molar-refractivity contribution in [1.82, 2.24) is 20.3 Å². The summed E-state index contributed by atoms with van der Waals surface area (Å²) in [6.45, 7) is 0.870. The Hall–Kier alpha value is -1.85. The Labute approximate surface area is 120 Å². The Morgan fingerprint density at radius 3 is 2.85 bits per heavy atom. The second-order valence-corrected chi connectivity index (χ2v) is 5.92. The number of hydrogen-bond donors (Lipinski definition) is 1. The van der Waals surface area contributed by atoms with E-state index >= 15 is 0 Å². The topological polar surface area (TPSA) is 50.7 Å². The summed E-state index contributed by atoms with van der Waals surface area (Å²) in [5, 5.41) is 6.67. The molecule has 0 unspecified atom stereocenters. The molecule has 2 aromatic heterocycles. The van der Waals surface area contributed by atoms with E-state index < -0.39 is 0 Å². The number of hydrogen-bond acceptors (Lipinski definition) is 5. The highest BCUT2D eigenvalue weighted by Crippen LogP contribution is 2.26. The zero-order valence-corrected chi connectivity index (χ0v) is 11.7. The maximum absolute atomic E-state index is 4.69. The van der Waals surface area contributed by atoms with Gasteiger partial charge in [-0.3, -0.25) is 9.97 Å². The molecule has 1 aliphatic rings. The van der Waals surface area contributed by atoms with Crippen LogP contribution in [-0.4, -0.2) is 21.0 Å². The molecule has 4 nitrogen and oxygen atoms in total. The number of thiazole rings is 1. The van der Waals surface area contributed by atoms with E-state index in [1.807, 2.05) is 6.07 Å². The van der Waals surface area contributed by atoms with E-state index in [-0.39, 0.29) is 0 Å². The molecule has 100 valence electrons. The first-order chi connectivity index (χ1) is 9.88. The fraction of sp³-hybridized carbons (Fsp3) is 0.267. The zero-order chi connectivity index (χ0) is 13.4. The van der Waals surface area contributed by atoms with Crippen LogP contribution in [0.4, 0.5) is 0 Å². The molecule has 0 spiro atoms. The molecule has 1 fully saturated rings. The summed E-state index contributed by atoms with van der Waals surface area (Å²) >= 11 is 1.68. The highest BCUT2D eigenvalue weighted by atomic mass is 32.1. The van der Waals surface area contributed by atoms with Gasteiger partial charge in [0.2, 0.25) is 0 Å². The van der Waals surface area contributed by atoms with Gasteiger partial charge in [-0.15, -0.1) is 11.3 Å². The quantitative estimate of drug-likeness (QED) is 0.799. The molecule has 0 aliphatic heterocycles. The van der Waals surface area contributed by atoms with Gasteiger partial charge in [-0.1, -0.05) is 0 Å². The van der Waals surface area contributed by atoms with Gasteiger partial charge in [0, 0.05) is 35.9 Å². The maximum atomic E-state index is 4.69. The fourth-order valence-corrected chi connectivity index (χ4v) is 2.97. The molecule has 5 heteroatoms. The van der Waals surface area contributed by atoms with E-state index in [1.54, 1.807) is 23.7 Å². The first-order valence-corrected chi connectivity index (χ1v) is 7.65. The van der Waals surface area contributed by atoms with Crippen LogP contribution in [0.5, 0.6) is 0 Å². The average molecular weight is 282 g/mol. The molecule has 0 bridgehead atoms. The van der Waals surface area contributed by atoms with Crippen LogP contribution >= 0.6 is 11.3 Å². The molecule has 1 aliphatic carbocycles. The number of aromatic nitrogens is 3. The van der Waals surface area contributed by atoms with Crippen LogP contribution in [0.1, 0.15) is 18.5 Å². The number of nitrogens with one attached hydrogen (secondary N) is 1. The van der Waals surface area contributed by atoms with Crippen molar-refractivity contribution in [3.05, 3.63) is 41.7 Å². The Morgan fingerprint density at radius 1 is 1.15 bits per heavy atom. The third-order valence-electron chi connectivity index (χ3n) is 3.42. The second kappa shape index (κ2) is 4.92. The van der Waals surface area contributed by atoms with Gasteiger partial charge >= 0.3 is 0 Å². The Bertz CT molecular complexity index is 748. The summed E-state index contributed by atoms with van der Waals surface area (Å²) in [4.78, 5) is 13.3. The van der Waals surface area contributed by atoms with Crippen molar-refractivity contribution >= 4 is 22.4 Å².